The van der Waals surface area contributed by atoms with E-state index in [0.717, 1.165) is 33.3 Å². The fourth-order valence-electron chi connectivity index (χ4n) is 4.45. The number of ether oxygens (including phenoxy) is 1. The molecule has 0 saturated carbocycles. The number of amides is 1. The quantitative estimate of drug-likeness (QED) is 0.367. The summed E-state index contributed by atoms with van der Waals surface area (Å²) in [6.07, 6.45) is 0. The average molecular weight is 453 g/mol. The van der Waals surface area contributed by atoms with E-state index in [2.05, 4.69) is 4.98 Å². The van der Waals surface area contributed by atoms with Crippen LogP contribution in [0.4, 0.5) is 4.39 Å². The highest BCUT2D eigenvalue weighted by atomic mass is 19.1. The fourth-order valence-corrected chi connectivity index (χ4v) is 4.45. The molecule has 0 saturated heterocycles. The van der Waals surface area contributed by atoms with Crippen molar-refractivity contribution in [3.8, 4) is 5.75 Å². The van der Waals surface area contributed by atoms with Crippen molar-refractivity contribution in [3.05, 3.63) is 108 Å². The fraction of sp³-hybridized carbons (Fsp3) is 0.172. The molecule has 0 unspecified atom stereocenters. The molecule has 0 N–H and O–H groups in total. The number of carbonyl (C=O) groups excluding carboxylic acids is 1. The van der Waals surface area contributed by atoms with Crippen molar-refractivity contribution >= 4 is 28.0 Å². The maximum Gasteiger partial charge on any atom is 0.255 e. The third-order valence-electron chi connectivity index (χ3n) is 6.54. The van der Waals surface area contributed by atoms with Crippen molar-refractivity contribution in [1.29, 1.82) is 0 Å². The summed E-state index contributed by atoms with van der Waals surface area (Å²) >= 11 is 0. The van der Waals surface area contributed by atoms with Crippen molar-refractivity contribution in [3.63, 3.8) is 0 Å². The summed E-state index contributed by atoms with van der Waals surface area (Å²) in [5.41, 5.74) is 4.40. The SMILES string of the molecule is CN1C(=O)C(c2ccc(OCc3ccc4ccccc4n3)cc2)=C(c2ccc(F)cc2)C1(C)C. The molecule has 0 atom stereocenters. The first-order valence-corrected chi connectivity index (χ1v) is 11.2. The standard InChI is InChI=1S/C29H25FN2O2/c1-29(2)27(21-8-13-22(30)14-9-21)26(28(33)32(29)3)20-11-16-24(17-12-20)34-18-23-15-10-19-6-4-5-7-25(19)31-23/h4-17H,18H2,1-3H3. The summed E-state index contributed by atoms with van der Waals surface area (Å²) in [4.78, 5) is 19.6. The number of para-hydroxylation sites is 1. The summed E-state index contributed by atoms with van der Waals surface area (Å²) in [6.45, 7) is 4.36. The van der Waals surface area contributed by atoms with E-state index in [1.807, 2.05) is 74.5 Å². The first kappa shape index (κ1) is 21.8. The van der Waals surface area contributed by atoms with Gasteiger partial charge in [-0.3, -0.25) is 4.79 Å². The molecule has 1 aliphatic heterocycles. The van der Waals surface area contributed by atoms with E-state index in [-0.39, 0.29) is 11.7 Å². The Morgan fingerprint density at radius 3 is 2.29 bits per heavy atom. The highest BCUT2D eigenvalue weighted by molar-refractivity contribution is 6.31. The van der Waals surface area contributed by atoms with Crippen LogP contribution in [0.25, 0.3) is 22.0 Å². The topological polar surface area (TPSA) is 42.4 Å². The number of carbonyl (C=O) groups is 1. The normalized spacial score (nSPS) is 15.3. The van der Waals surface area contributed by atoms with Crippen LogP contribution in [0.5, 0.6) is 5.75 Å². The third-order valence-corrected chi connectivity index (χ3v) is 6.54. The van der Waals surface area contributed by atoms with Crippen LogP contribution in [0.15, 0.2) is 84.9 Å². The molecule has 0 radical (unpaired) electrons. The van der Waals surface area contributed by atoms with E-state index in [0.29, 0.717) is 17.9 Å². The first-order chi connectivity index (χ1) is 16.3. The lowest BCUT2D eigenvalue weighted by atomic mass is 9.85. The monoisotopic (exact) mass is 452 g/mol. The van der Waals surface area contributed by atoms with E-state index >= 15 is 0 Å². The predicted octanol–water partition coefficient (Wildman–Crippen LogP) is 6.11. The van der Waals surface area contributed by atoms with Crippen LogP contribution in [-0.4, -0.2) is 28.4 Å². The Bertz CT molecular complexity index is 1410. The van der Waals surface area contributed by atoms with Crippen molar-refractivity contribution < 1.29 is 13.9 Å². The van der Waals surface area contributed by atoms with Gasteiger partial charge in [0.15, 0.2) is 0 Å². The van der Waals surface area contributed by atoms with Gasteiger partial charge in [-0.2, -0.15) is 0 Å². The number of nitrogens with zero attached hydrogens (tertiary/aromatic N) is 2. The molecular weight excluding hydrogens is 427 g/mol. The lowest BCUT2D eigenvalue weighted by Crippen LogP contribution is -2.39. The molecule has 3 aromatic carbocycles. The second kappa shape index (κ2) is 8.41. The molecule has 1 aromatic heterocycles. The van der Waals surface area contributed by atoms with Gasteiger partial charge in [-0.15, -0.1) is 0 Å². The maximum atomic E-state index is 13.5. The van der Waals surface area contributed by atoms with Crippen LogP contribution in [0.1, 0.15) is 30.7 Å². The minimum absolute atomic E-state index is 0.0571. The van der Waals surface area contributed by atoms with Gasteiger partial charge < -0.3 is 9.64 Å². The second-order valence-electron chi connectivity index (χ2n) is 8.99. The Labute approximate surface area is 198 Å². The number of benzene rings is 3. The van der Waals surface area contributed by atoms with Gasteiger partial charge in [0.25, 0.3) is 5.91 Å². The zero-order valence-corrected chi connectivity index (χ0v) is 19.4. The molecule has 0 fully saturated rings. The Balaban J connectivity index is 1.43. The van der Waals surface area contributed by atoms with Crippen LogP contribution >= 0.6 is 0 Å². The van der Waals surface area contributed by atoms with E-state index < -0.39 is 5.54 Å². The number of hydrogen-bond donors (Lipinski definition) is 0. The van der Waals surface area contributed by atoms with Gasteiger partial charge in [-0.25, -0.2) is 9.37 Å². The smallest absolute Gasteiger partial charge is 0.255 e. The highest BCUT2D eigenvalue weighted by Gasteiger charge is 2.43. The molecular formula is C29H25FN2O2. The van der Waals surface area contributed by atoms with Crippen LogP contribution in [0, 0.1) is 5.82 Å². The molecule has 4 nitrogen and oxygen atoms in total. The van der Waals surface area contributed by atoms with Gasteiger partial charge in [0.1, 0.15) is 18.2 Å². The number of likely N-dealkylation sites (N-methyl/N-ethyl adjacent to an activating group) is 1. The molecule has 170 valence electrons. The Hall–Kier alpha value is -3.99. The molecule has 0 bridgehead atoms. The highest BCUT2D eigenvalue weighted by Crippen LogP contribution is 2.45. The summed E-state index contributed by atoms with van der Waals surface area (Å²) < 4.78 is 19.5. The largest absolute Gasteiger partial charge is 0.487 e. The molecule has 5 heteroatoms. The van der Waals surface area contributed by atoms with Crippen molar-refractivity contribution in [2.75, 3.05) is 7.05 Å². The van der Waals surface area contributed by atoms with Gasteiger partial charge in [0.2, 0.25) is 0 Å². The van der Waals surface area contributed by atoms with Gasteiger partial charge in [-0.1, -0.05) is 48.5 Å². The van der Waals surface area contributed by atoms with Crippen molar-refractivity contribution in [1.82, 2.24) is 9.88 Å². The molecule has 0 spiro atoms. The summed E-state index contributed by atoms with van der Waals surface area (Å²) in [5, 5.41) is 1.09. The van der Waals surface area contributed by atoms with Crippen LogP contribution in [-0.2, 0) is 11.4 Å². The maximum absolute atomic E-state index is 13.5. The molecule has 0 aliphatic carbocycles. The molecule has 34 heavy (non-hydrogen) atoms. The van der Waals surface area contributed by atoms with E-state index in [1.165, 1.54) is 12.1 Å². The van der Waals surface area contributed by atoms with Crippen LogP contribution in [0.2, 0.25) is 0 Å². The summed E-state index contributed by atoms with van der Waals surface area (Å²) in [7, 11) is 1.80. The number of aromatic nitrogens is 1. The van der Waals surface area contributed by atoms with E-state index in [9.17, 15) is 9.18 Å². The molecule has 1 amide bonds. The van der Waals surface area contributed by atoms with Crippen LogP contribution in [0.3, 0.4) is 0 Å². The number of rotatable bonds is 5. The first-order valence-electron chi connectivity index (χ1n) is 11.2. The van der Waals surface area contributed by atoms with Crippen molar-refractivity contribution in [2.24, 2.45) is 0 Å². The van der Waals surface area contributed by atoms with Crippen molar-refractivity contribution in [2.45, 2.75) is 26.0 Å². The van der Waals surface area contributed by atoms with Gasteiger partial charge in [0.05, 0.1) is 22.3 Å². The lowest BCUT2D eigenvalue weighted by Gasteiger charge is -2.31. The Morgan fingerprint density at radius 2 is 1.56 bits per heavy atom. The lowest BCUT2D eigenvalue weighted by molar-refractivity contribution is -0.125. The minimum atomic E-state index is -0.527. The number of pyridine rings is 1. The molecule has 4 aromatic rings. The molecule has 1 aliphatic rings. The minimum Gasteiger partial charge on any atom is -0.487 e. The zero-order valence-electron chi connectivity index (χ0n) is 19.4. The Morgan fingerprint density at radius 1 is 0.882 bits per heavy atom. The second-order valence-corrected chi connectivity index (χ2v) is 8.99. The van der Waals surface area contributed by atoms with Gasteiger partial charge in [0, 0.05) is 12.4 Å². The number of halogens is 1. The average Bonchev–Trinajstić information content (AvgIpc) is 3.03. The van der Waals surface area contributed by atoms with Gasteiger partial charge in [-0.05, 0) is 66.9 Å². The summed E-state index contributed by atoms with van der Waals surface area (Å²) in [5.74, 6) is 0.336. The number of fused-ring (bicyclic) bond motifs is 1. The third kappa shape index (κ3) is 3.83. The van der Waals surface area contributed by atoms with Gasteiger partial charge >= 0.3 is 0 Å². The van der Waals surface area contributed by atoms with Crippen LogP contribution < -0.4 is 4.74 Å². The summed E-state index contributed by atoms with van der Waals surface area (Å²) in [6, 6.07) is 25.8. The Kier molecular flexibility index (Phi) is 5.40. The molecule has 2 heterocycles. The van der Waals surface area contributed by atoms with E-state index in [4.69, 9.17) is 4.74 Å². The predicted molar refractivity (Wildman–Crippen MR) is 133 cm³/mol. The zero-order chi connectivity index (χ0) is 23.9. The molecule has 5 rings (SSSR count). The number of hydrogen-bond acceptors (Lipinski definition) is 3. The van der Waals surface area contributed by atoms with E-state index in [1.54, 1.807) is 24.1 Å².